The molecule has 0 spiro atoms. The number of H-pyrrole nitrogens is 1. The number of aromatic hydroxyl groups is 3. The molecule has 152 valence electrons. The molecule has 0 aliphatic heterocycles. The van der Waals surface area contributed by atoms with Crippen molar-refractivity contribution in [3.63, 3.8) is 0 Å². The van der Waals surface area contributed by atoms with E-state index in [4.69, 9.17) is 16.6 Å². The zero-order valence-electron chi connectivity index (χ0n) is 15.5. The Bertz CT molecular complexity index is 1390. The van der Waals surface area contributed by atoms with E-state index in [1.54, 1.807) is 35.0 Å². The second kappa shape index (κ2) is 6.96. The summed E-state index contributed by atoms with van der Waals surface area (Å²) in [6.07, 6.45) is 5.32. The third-order valence-electron chi connectivity index (χ3n) is 4.69. The fourth-order valence-corrected chi connectivity index (χ4v) is 3.25. The molecule has 0 amide bonds. The summed E-state index contributed by atoms with van der Waals surface area (Å²) in [7, 11) is 0. The van der Waals surface area contributed by atoms with Gasteiger partial charge in [-0.25, -0.2) is 4.98 Å². The summed E-state index contributed by atoms with van der Waals surface area (Å²) in [5, 5.41) is 38.2. The molecule has 1 aromatic carbocycles. The van der Waals surface area contributed by atoms with Gasteiger partial charge in [-0.15, -0.1) is 0 Å². The number of nitrogens with one attached hydrogen (secondary N) is 2. The van der Waals surface area contributed by atoms with E-state index in [1.807, 2.05) is 0 Å². The van der Waals surface area contributed by atoms with Crippen molar-refractivity contribution in [2.75, 3.05) is 5.32 Å². The zero-order chi connectivity index (χ0) is 20.8. The lowest BCUT2D eigenvalue weighted by atomic mass is 10.2. The molecule has 0 radical (unpaired) electrons. The molecule has 9 nitrogen and oxygen atoms in total. The van der Waals surface area contributed by atoms with E-state index in [0.29, 0.717) is 38.4 Å². The fraction of sp³-hybridized carbons (Fsp3) is 0.150. The number of anilines is 2. The maximum absolute atomic E-state index is 10.1. The number of halogens is 1. The summed E-state index contributed by atoms with van der Waals surface area (Å²) >= 11 is 6.05. The standard InChI is InChI=1S/C20H17ClN6O3/c21-12-1-4-15(28)14(7-12)24-16-8-17(23-13-2-3-13)27-19(25-16)11(9-22-27)5-10-6-18(29)26-20(10)30/h1,4-9,13,24,26,28-30H,2-3H2. The monoisotopic (exact) mass is 424 g/mol. The Morgan fingerprint density at radius 2 is 2.03 bits per heavy atom. The molecule has 0 bridgehead atoms. The minimum Gasteiger partial charge on any atom is -0.506 e. The number of phenolic OH excluding ortho intramolecular Hbond substituents is 1. The summed E-state index contributed by atoms with van der Waals surface area (Å²) < 4.78 is 1.62. The second-order valence-electron chi connectivity index (χ2n) is 7.08. The zero-order valence-corrected chi connectivity index (χ0v) is 16.3. The van der Waals surface area contributed by atoms with Crippen LogP contribution in [0.25, 0.3) is 11.7 Å². The molecule has 5 rings (SSSR count). The molecule has 10 heteroatoms. The number of benzene rings is 1. The number of hydrogen-bond acceptors (Lipinski definition) is 7. The van der Waals surface area contributed by atoms with E-state index in [2.05, 4.69) is 20.4 Å². The highest BCUT2D eigenvalue weighted by Gasteiger charge is 2.20. The van der Waals surface area contributed by atoms with Gasteiger partial charge in [0, 0.05) is 27.9 Å². The summed E-state index contributed by atoms with van der Waals surface area (Å²) in [4.78, 5) is 11.7. The van der Waals surface area contributed by atoms with Gasteiger partial charge in [-0.1, -0.05) is 11.6 Å². The van der Waals surface area contributed by atoms with Crippen LogP contribution in [0.15, 0.2) is 41.5 Å². The molecule has 3 aromatic heterocycles. The number of hydrogen-bond donors (Lipinski definition) is 5. The van der Waals surface area contributed by atoms with Crippen LogP contribution in [0.5, 0.6) is 17.5 Å². The molecule has 0 saturated heterocycles. The van der Waals surface area contributed by atoms with Crippen LogP contribution in [0, 0.1) is 0 Å². The Morgan fingerprint density at radius 1 is 1.20 bits per heavy atom. The first-order valence-electron chi connectivity index (χ1n) is 9.27. The van der Waals surface area contributed by atoms with Gasteiger partial charge in [0.15, 0.2) is 22.9 Å². The second-order valence-corrected chi connectivity index (χ2v) is 7.52. The lowest BCUT2D eigenvalue weighted by Gasteiger charge is -2.08. The lowest BCUT2D eigenvalue weighted by molar-refractivity contribution is 0.425. The molecule has 4 aromatic rings. The van der Waals surface area contributed by atoms with Crippen molar-refractivity contribution in [3.05, 3.63) is 57.8 Å². The van der Waals surface area contributed by atoms with Gasteiger partial charge in [0.25, 0.3) is 0 Å². The highest BCUT2D eigenvalue weighted by atomic mass is 35.5. The van der Waals surface area contributed by atoms with Crippen LogP contribution in [0.4, 0.5) is 11.5 Å². The Balaban J connectivity index is 1.68. The predicted molar refractivity (Wildman–Crippen MR) is 111 cm³/mol. The fourth-order valence-electron chi connectivity index (χ4n) is 3.08. The van der Waals surface area contributed by atoms with Crippen LogP contribution >= 0.6 is 11.6 Å². The summed E-state index contributed by atoms with van der Waals surface area (Å²) in [5.74, 6) is 0.185. The molecule has 0 unspecified atom stereocenters. The molecule has 0 atom stereocenters. The van der Waals surface area contributed by atoms with Gasteiger partial charge < -0.3 is 20.6 Å². The Labute approximate surface area is 174 Å². The SMILES string of the molecule is Oc1cc(C=c2cnn3c(=NC4CC4)cc(Nc4cc(Cl)ccc4O)nc23)c(O)[nH]1. The van der Waals surface area contributed by atoms with E-state index >= 15 is 0 Å². The number of rotatable bonds is 4. The van der Waals surface area contributed by atoms with Crippen molar-refractivity contribution in [1.29, 1.82) is 0 Å². The van der Waals surface area contributed by atoms with E-state index in [9.17, 15) is 15.3 Å². The van der Waals surface area contributed by atoms with Crippen molar-refractivity contribution in [2.45, 2.75) is 18.9 Å². The van der Waals surface area contributed by atoms with Gasteiger partial charge in [-0.2, -0.15) is 9.61 Å². The van der Waals surface area contributed by atoms with E-state index in [1.165, 1.54) is 12.1 Å². The van der Waals surface area contributed by atoms with Gasteiger partial charge >= 0.3 is 0 Å². The number of aromatic amines is 1. The summed E-state index contributed by atoms with van der Waals surface area (Å²) in [5.41, 5.74) is 1.93. The molecule has 30 heavy (non-hydrogen) atoms. The van der Waals surface area contributed by atoms with Gasteiger partial charge in [0.05, 0.1) is 17.9 Å². The molecule has 3 heterocycles. The van der Waals surface area contributed by atoms with Crippen LogP contribution in [-0.2, 0) is 0 Å². The highest BCUT2D eigenvalue weighted by molar-refractivity contribution is 6.30. The van der Waals surface area contributed by atoms with Gasteiger partial charge in [0.2, 0.25) is 0 Å². The summed E-state index contributed by atoms with van der Waals surface area (Å²) in [6.45, 7) is 0. The minimum atomic E-state index is -0.159. The van der Waals surface area contributed by atoms with Crippen LogP contribution in [0.3, 0.4) is 0 Å². The van der Waals surface area contributed by atoms with Gasteiger partial charge in [-0.05, 0) is 37.1 Å². The van der Waals surface area contributed by atoms with Crippen LogP contribution in [0.2, 0.25) is 5.02 Å². The topological polar surface area (TPSA) is 131 Å². The quantitative estimate of drug-likeness (QED) is 0.319. The number of aromatic nitrogens is 4. The van der Waals surface area contributed by atoms with Crippen molar-refractivity contribution < 1.29 is 15.3 Å². The van der Waals surface area contributed by atoms with Crippen LogP contribution in [-0.4, -0.2) is 40.9 Å². The van der Waals surface area contributed by atoms with Crippen molar-refractivity contribution in [1.82, 2.24) is 19.6 Å². The minimum absolute atomic E-state index is 0.0368. The summed E-state index contributed by atoms with van der Waals surface area (Å²) in [6, 6.07) is 8.10. The van der Waals surface area contributed by atoms with E-state index in [-0.39, 0.29) is 23.6 Å². The first-order chi connectivity index (χ1) is 14.5. The molecular weight excluding hydrogens is 408 g/mol. The maximum atomic E-state index is 10.1. The first-order valence-corrected chi connectivity index (χ1v) is 9.65. The largest absolute Gasteiger partial charge is 0.506 e. The third-order valence-corrected chi connectivity index (χ3v) is 4.92. The maximum Gasteiger partial charge on any atom is 0.198 e. The molecule has 5 N–H and O–H groups in total. The molecular formula is C20H17ClN6O3. The van der Waals surface area contributed by atoms with Crippen LogP contribution in [0.1, 0.15) is 18.4 Å². The Morgan fingerprint density at radius 3 is 2.77 bits per heavy atom. The van der Waals surface area contributed by atoms with Crippen molar-refractivity contribution in [3.8, 4) is 17.5 Å². The molecule has 1 saturated carbocycles. The van der Waals surface area contributed by atoms with Crippen LogP contribution < -0.4 is 16.0 Å². The first kappa shape index (κ1) is 18.3. The highest BCUT2D eigenvalue weighted by Crippen LogP contribution is 2.29. The lowest BCUT2D eigenvalue weighted by Crippen LogP contribution is -2.19. The average molecular weight is 425 g/mol. The number of nitrogens with zero attached hydrogens (tertiary/aromatic N) is 4. The Hall–Kier alpha value is -3.72. The van der Waals surface area contributed by atoms with Crippen molar-refractivity contribution in [2.24, 2.45) is 4.99 Å². The number of phenols is 1. The Kier molecular flexibility index (Phi) is 4.25. The van der Waals surface area contributed by atoms with E-state index < -0.39 is 0 Å². The predicted octanol–water partition coefficient (Wildman–Crippen LogP) is 2.18. The smallest absolute Gasteiger partial charge is 0.198 e. The van der Waals surface area contributed by atoms with Gasteiger partial charge in [-0.3, -0.25) is 9.98 Å². The van der Waals surface area contributed by atoms with E-state index in [0.717, 1.165) is 12.8 Å². The third kappa shape index (κ3) is 3.50. The normalized spacial score (nSPS) is 15.2. The van der Waals surface area contributed by atoms with Gasteiger partial charge in [0.1, 0.15) is 11.6 Å². The average Bonchev–Trinajstić information content (AvgIpc) is 3.34. The van der Waals surface area contributed by atoms with Crippen molar-refractivity contribution >= 4 is 34.8 Å². The molecule has 1 aliphatic carbocycles. The molecule has 1 aliphatic rings. The number of fused-ring (bicyclic) bond motifs is 1. The molecule has 1 fully saturated rings.